The van der Waals surface area contributed by atoms with Crippen LogP contribution in [0.3, 0.4) is 0 Å². The molecule has 3 aliphatic rings. The number of amides is 3. The topological polar surface area (TPSA) is 139 Å². The number of halogens is 4. The number of benzene rings is 1. The van der Waals surface area contributed by atoms with Crippen LogP contribution in [0.4, 0.5) is 23.2 Å². The van der Waals surface area contributed by atoms with Crippen LogP contribution in [-0.4, -0.2) is 54.4 Å². The predicted molar refractivity (Wildman–Crippen MR) is 156 cm³/mol. The summed E-state index contributed by atoms with van der Waals surface area (Å²) in [5.41, 5.74) is 3.67. The number of hydrogen-bond acceptors (Lipinski definition) is 6. The minimum absolute atomic E-state index is 0.191. The number of anilines is 1. The van der Waals surface area contributed by atoms with E-state index in [4.69, 9.17) is 5.73 Å². The Bertz CT molecular complexity index is 1410. The predicted octanol–water partition coefficient (Wildman–Crippen LogP) is 4.63. The van der Waals surface area contributed by atoms with E-state index in [9.17, 15) is 40.4 Å². The highest BCUT2D eigenvalue weighted by Gasteiger charge is 2.56. The summed E-state index contributed by atoms with van der Waals surface area (Å²) in [6.07, 6.45) is 4.50. The highest BCUT2D eigenvalue weighted by Crippen LogP contribution is 2.54. The molecule has 2 aliphatic carbocycles. The molecule has 9 nitrogen and oxygen atoms in total. The lowest BCUT2D eigenvalue weighted by molar-refractivity contribution is -0.138. The Hall–Kier alpha value is -3.16. The lowest BCUT2D eigenvalue weighted by atomic mass is 10.0. The maximum Gasteiger partial charge on any atom is 0.416 e. The van der Waals surface area contributed by atoms with Gasteiger partial charge in [-0.2, -0.15) is 13.2 Å². The molecule has 3 amide bonds. The molecule has 0 radical (unpaired) electrons. The number of alkyl halides is 3. The Labute approximate surface area is 255 Å². The molecule has 1 aliphatic heterocycles. The van der Waals surface area contributed by atoms with Gasteiger partial charge in [-0.3, -0.25) is 19.1 Å². The summed E-state index contributed by atoms with van der Waals surface area (Å²) in [6.45, 7) is 3.81. The second-order valence-corrected chi connectivity index (χ2v) is 14.9. The van der Waals surface area contributed by atoms with E-state index < -0.39 is 73.5 Å². The molecule has 4 rings (SSSR count). The number of nitrogens with two attached hydrogens (primary N) is 1. The van der Waals surface area contributed by atoms with Gasteiger partial charge in [-0.05, 0) is 81.9 Å². The quantitative estimate of drug-likeness (QED) is 0.153. The van der Waals surface area contributed by atoms with Crippen LogP contribution in [0.1, 0.15) is 83.6 Å². The third kappa shape index (κ3) is 7.91. The van der Waals surface area contributed by atoms with Gasteiger partial charge in [0, 0.05) is 18.2 Å². The van der Waals surface area contributed by atoms with Crippen LogP contribution in [0.5, 0.6) is 0 Å². The van der Waals surface area contributed by atoms with Gasteiger partial charge < -0.3 is 16.0 Å². The molecule has 3 fully saturated rings. The molecule has 244 valence electrons. The van der Waals surface area contributed by atoms with E-state index in [1.54, 1.807) is 6.92 Å². The summed E-state index contributed by atoms with van der Waals surface area (Å²) in [6, 6.07) is 0.224. The summed E-state index contributed by atoms with van der Waals surface area (Å²) in [5, 5.41) is 2.77. The molecule has 1 aromatic rings. The molecule has 1 unspecified atom stereocenters. The Kier molecular flexibility index (Phi) is 9.72. The fourth-order valence-electron chi connectivity index (χ4n) is 5.69. The van der Waals surface area contributed by atoms with Crippen LogP contribution in [-0.2, 0) is 30.6 Å². The Morgan fingerprint density at radius 1 is 1.14 bits per heavy atom. The number of primary amides is 1. The largest absolute Gasteiger partial charge is 0.416 e. The number of carbonyl (C=O) groups excluding carboxylic acids is 3. The van der Waals surface area contributed by atoms with Gasteiger partial charge in [0.25, 0.3) is 0 Å². The van der Waals surface area contributed by atoms with Gasteiger partial charge >= 0.3 is 6.18 Å². The summed E-state index contributed by atoms with van der Waals surface area (Å²) < 4.78 is 79.9. The van der Waals surface area contributed by atoms with Gasteiger partial charge in [-0.1, -0.05) is 31.9 Å². The van der Waals surface area contributed by atoms with E-state index in [1.165, 1.54) is 4.90 Å². The molecule has 0 spiro atoms. The molecule has 1 saturated heterocycles. The SMILES string of the molecule is CC1(/C=C\CCCCC[C@H](Nc2cc(F)cc(C(F)(F)F)c2)C(=O)N2CCC[C@H]2C(N)=O)C[C@@H]1C(=O)NS(=O)(=O)C1(C)CC1. The molecule has 0 aromatic heterocycles. The minimum atomic E-state index is -4.77. The summed E-state index contributed by atoms with van der Waals surface area (Å²) in [4.78, 5) is 39.1. The van der Waals surface area contributed by atoms with Gasteiger partial charge in [0.05, 0.1) is 10.3 Å². The zero-order valence-corrected chi connectivity index (χ0v) is 25.7. The first-order chi connectivity index (χ1) is 20.5. The van der Waals surface area contributed by atoms with Gasteiger partial charge in [-0.25, -0.2) is 12.8 Å². The van der Waals surface area contributed by atoms with Crippen molar-refractivity contribution < 1.29 is 40.4 Å². The summed E-state index contributed by atoms with van der Waals surface area (Å²) in [5.74, 6) is -3.13. The van der Waals surface area contributed by atoms with Crippen LogP contribution >= 0.6 is 0 Å². The van der Waals surface area contributed by atoms with Crippen LogP contribution < -0.4 is 15.8 Å². The Morgan fingerprint density at radius 2 is 1.84 bits per heavy atom. The van der Waals surface area contributed by atoms with Gasteiger partial charge in [0.2, 0.25) is 27.7 Å². The molecule has 2 saturated carbocycles. The van der Waals surface area contributed by atoms with Crippen molar-refractivity contribution in [3.05, 3.63) is 41.7 Å². The molecular formula is C30H40F4N4O5S. The summed E-state index contributed by atoms with van der Waals surface area (Å²) >= 11 is 0. The number of rotatable bonds is 14. The van der Waals surface area contributed by atoms with Crippen molar-refractivity contribution in [3.8, 4) is 0 Å². The van der Waals surface area contributed by atoms with Crippen molar-refractivity contribution in [2.45, 2.75) is 101 Å². The van der Waals surface area contributed by atoms with E-state index in [-0.39, 0.29) is 18.7 Å². The van der Waals surface area contributed by atoms with Crippen molar-refractivity contribution in [3.63, 3.8) is 0 Å². The van der Waals surface area contributed by atoms with Crippen molar-refractivity contribution in [2.75, 3.05) is 11.9 Å². The number of unbranched alkanes of at least 4 members (excludes halogenated alkanes) is 3. The third-order valence-electron chi connectivity index (χ3n) is 9.02. The third-order valence-corrected chi connectivity index (χ3v) is 11.2. The maximum atomic E-state index is 14.0. The zero-order valence-electron chi connectivity index (χ0n) is 24.9. The second kappa shape index (κ2) is 12.7. The average Bonchev–Trinajstić information content (AvgIpc) is 3.77. The van der Waals surface area contributed by atoms with E-state index in [0.717, 1.165) is 18.6 Å². The number of nitrogens with one attached hydrogen (secondary N) is 2. The number of allylic oxidation sites excluding steroid dienone is 2. The first-order valence-corrected chi connectivity index (χ1v) is 16.4. The molecule has 0 bridgehead atoms. The number of nitrogens with zero attached hydrogens (tertiary/aromatic N) is 1. The van der Waals surface area contributed by atoms with E-state index in [1.807, 2.05) is 19.1 Å². The van der Waals surface area contributed by atoms with Crippen LogP contribution in [0.15, 0.2) is 30.4 Å². The second-order valence-electron chi connectivity index (χ2n) is 12.7. The average molecular weight is 645 g/mol. The maximum absolute atomic E-state index is 14.0. The van der Waals surface area contributed by atoms with Gasteiger partial charge in [-0.15, -0.1) is 0 Å². The fraction of sp³-hybridized carbons (Fsp3) is 0.633. The molecule has 4 atom stereocenters. The standard InChI is InChI=1S/C30H40F4N4O5S/c1-28(18-22(28)26(40)37-44(42,43)29(2)12-13-29)11-7-5-3-4-6-9-23(27(41)38-14-8-10-24(38)25(35)39)36-21-16-19(30(32,33)34)15-20(31)17-21/h7,11,15-17,22-24,36H,3-6,8-10,12-14,18H2,1-2H3,(H2,35,39)(H,37,40)/b11-7-/t22-,23+,24+,28?/m1/s1. The fourth-order valence-corrected chi connectivity index (χ4v) is 6.98. The number of hydrogen-bond donors (Lipinski definition) is 3. The zero-order chi connectivity index (χ0) is 32.5. The molecule has 1 heterocycles. The number of sulfonamides is 1. The first-order valence-electron chi connectivity index (χ1n) is 14.9. The smallest absolute Gasteiger partial charge is 0.374 e. The highest BCUT2D eigenvalue weighted by atomic mass is 32.2. The number of carbonyl (C=O) groups is 3. The van der Waals surface area contributed by atoms with Crippen molar-refractivity contribution >= 4 is 33.4 Å². The van der Waals surface area contributed by atoms with E-state index in [2.05, 4.69) is 10.0 Å². The number of likely N-dealkylation sites (tertiary alicyclic amines) is 1. The van der Waals surface area contributed by atoms with Crippen LogP contribution in [0.25, 0.3) is 0 Å². The Morgan fingerprint density at radius 3 is 2.48 bits per heavy atom. The Balaban J connectivity index is 1.30. The first kappa shape index (κ1) is 33.7. The molecule has 1 aromatic carbocycles. The van der Waals surface area contributed by atoms with Gasteiger partial charge in [0.15, 0.2) is 0 Å². The monoisotopic (exact) mass is 644 g/mol. The van der Waals surface area contributed by atoms with Crippen molar-refractivity contribution in [2.24, 2.45) is 17.1 Å². The molecule has 4 N–H and O–H groups in total. The molecule has 44 heavy (non-hydrogen) atoms. The van der Waals surface area contributed by atoms with Crippen molar-refractivity contribution in [1.29, 1.82) is 0 Å². The van der Waals surface area contributed by atoms with Crippen molar-refractivity contribution in [1.82, 2.24) is 9.62 Å². The van der Waals surface area contributed by atoms with Gasteiger partial charge in [0.1, 0.15) is 17.9 Å². The van der Waals surface area contributed by atoms with Crippen LogP contribution in [0.2, 0.25) is 0 Å². The molecule has 14 heteroatoms. The van der Waals surface area contributed by atoms with E-state index in [0.29, 0.717) is 57.4 Å². The minimum Gasteiger partial charge on any atom is -0.374 e. The van der Waals surface area contributed by atoms with E-state index >= 15 is 0 Å². The highest BCUT2D eigenvalue weighted by molar-refractivity contribution is 7.91. The normalized spacial score (nSPS) is 25.1. The lowest BCUT2D eigenvalue weighted by Gasteiger charge is -2.28. The van der Waals surface area contributed by atoms with Crippen LogP contribution in [0, 0.1) is 17.2 Å². The molecular weight excluding hydrogens is 604 g/mol. The summed E-state index contributed by atoms with van der Waals surface area (Å²) in [7, 11) is -3.68. The lowest BCUT2D eigenvalue weighted by Crippen LogP contribution is -2.49.